The Morgan fingerprint density at radius 3 is 2.50 bits per heavy atom. The first-order valence-electron chi connectivity index (χ1n) is 5.79. The van der Waals surface area contributed by atoms with E-state index in [1.54, 1.807) is 0 Å². The quantitative estimate of drug-likeness (QED) is 0.778. The number of aliphatic hydroxyl groups is 2. The lowest BCUT2D eigenvalue weighted by Crippen LogP contribution is -2.51. The number of hydrogen-bond donors (Lipinski definition) is 2. The Morgan fingerprint density at radius 1 is 1.19 bits per heavy atom. The van der Waals surface area contributed by atoms with Gasteiger partial charge in [-0.05, 0) is 11.5 Å². The molecular weight excluding hydrogens is 202 g/mol. The summed E-state index contributed by atoms with van der Waals surface area (Å²) in [4.78, 5) is 2.19. The highest BCUT2D eigenvalue weighted by molar-refractivity contribution is 5.14. The highest BCUT2D eigenvalue weighted by Gasteiger charge is 2.31. The SMILES string of the molecule is C[C@@H]1CN(Cc2ccccc2)C[C@@H](O)[C@H]1O. The second kappa shape index (κ2) is 4.95. The van der Waals surface area contributed by atoms with Crippen LogP contribution in [0.2, 0.25) is 0 Å². The maximum absolute atomic E-state index is 9.70. The monoisotopic (exact) mass is 221 g/mol. The Kier molecular flexibility index (Phi) is 3.59. The van der Waals surface area contributed by atoms with Crippen LogP contribution in [0.4, 0.5) is 0 Å². The lowest BCUT2D eigenvalue weighted by Gasteiger charge is -2.37. The van der Waals surface area contributed by atoms with Crippen LogP contribution in [0.3, 0.4) is 0 Å². The van der Waals surface area contributed by atoms with Crippen molar-refractivity contribution >= 4 is 0 Å². The van der Waals surface area contributed by atoms with E-state index in [-0.39, 0.29) is 5.92 Å². The molecule has 0 unspecified atom stereocenters. The summed E-state index contributed by atoms with van der Waals surface area (Å²) in [6.07, 6.45) is -1.19. The Bertz CT molecular complexity index is 316. The summed E-state index contributed by atoms with van der Waals surface area (Å²) in [5, 5.41) is 19.4. The third-order valence-electron chi connectivity index (χ3n) is 3.22. The van der Waals surface area contributed by atoms with Crippen LogP contribution in [-0.2, 0) is 6.54 Å². The number of aliphatic hydroxyl groups excluding tert-OH is 2. The van der Waals surface area contributed by atoms with Gasteiger partial charge in [0.1, 0.15) is 0 Å². The summed E-state index contributed by atoms with van der Waals surface area (Å²) in [5.74, 6) is 0.132. The van der Waals surface area contributed by atoms with Gasteiger partial charge < -0.3 is 10.2 Å². The van der Waals surface area contributed by atoms with E-state index in [2.05, 4.69) is 17.0 Å². The van der Waals surface area contributed by atoms with Gasteiger partial charge in [0, 0.05) is 19.6 Å². The van der Waals surface area contributed by atoms with Gasteiger partial charge in [0.15, 0.2) is 0 Å². The smallest absolute Gasteiger partial charge is 0.0928 e. The van der Waals surface area contributed by atoms with Gasteiger partial charge in [0.2, 0.25) is 0 Å². The van der Waals surface area contributed by atoms with E-state index in [1.807, 2.05) is 25.1 Å². The molecule has 16 heavy (non-hydrogen) atoms. The second-order valence-corrected chi connectivity index (χ2v) is 4.71. The standard InChI is InChI=1S/C13H19NO2/c1-10-7-14(9-12(15)13(10)16)8-11-5-3-2-4-6-11/h2-6,10,12-13,15-16H,7-9H2,1H3/t10-,12-,13+/m1/s1. The molecule has 1 aliphatic rings. The van der Waals surface area contributed by atoms with Gasteiger partial charge in [-0.3, -0.25) is 4.90 Å². The van der Waals surface area contributed by atoms with E-state index in [0.29, 0.717) is 6.54 Å². The summed E-state index contributed by atoms with van der Waals surface area (Å²) < 4.78 is 0. The number of hydrogen-bond acceptors (Lipinski definition) is 3. The topological polar surface area (TPSA) is 43.7 Å². The number of nitrogens with zero attached hydrogens (tertiary/aromatic N) is 1. The normalized spacial score (nSPS) is 31.6. The third-order valence-corrected chi connectivity index (χ3v) is 3.22. The predicted octanol–water partition coefficient (Wildman–Crippen LogP) is 0.860. The fourth-order valence-electron chi connectivity index (χ4n) is 2.31. The van der Waals surface area contributed by atoms with Gasteiger partial charge >= 0.3 is 0 Å². The molecule has 0 spiro atoms. The van der Waals surface area contributed by atoms with E-state index in [0.717, 1.165) is 13.1 Å². The summed E-state index contributed by atoms with van der Waals surface area (Å²) in [5.41, 5.74) is 1.25. The molecule has 1 fully saturated rings. The van der Waals surface area contributed by atoms with Crippen molar-refractivity contribution in [2.45, 2.75) is 25.7 Å². The molecule has 0 bridgehead atoms. The van der Waals surface area contributed by atoms with E-state index < -0.39 is 12.2 Å². The Morgan fingerprint density at radius 2 is 1.88 bits per heavy atom. The molecule has 1 aliphatic heterocycles. The number of benzene rings is 1. The number of rotatable bonds is 2. The minimum Gasteiger partial charge on any atom is -0.390 e. The van der Waals surface area contributed by atoms with Crippen LogP contribution in [0.1, 0.15) is 12.5 Å². The lowest BCUT2D eigenvalue weighted by atomic mass is 9.94. The van der Waals surface area contributed by atoms with E-state index in [4.69, 9.17) is 0 Å². The fourth-order valence-corrected chi connectivity index (χ4v) is 2.31. The molecule has 0 amide bonds. The average Bonchev–Trinajstić information content (AvgIpc) is 2.27. The Labute approximate surface area is 96.3 Å². The van der Waals surface area contributed by atoms with Gasteiger partial charge in [-0.15, -0.1) is 0 Å². The first-order chi connectivity index (χ1) is 7.66. The van der Waals surface area contributed by atoms with E-state index in [1.165, 1.54) is 5.56 Å². The summed E-state index contributed by atoms with van der Waals surface area (Å²) >= 11 is 0. The van der Waals surface area contributed by atoms with Gasteiger partial charge in [0.05, 0.1) is 12.2 Å². The molecule has 2 rings (SSSR count). The van der Waals surface area contributed by atoms with Gasteiger partial charge in [0.25, 0.3) is 0 Å². The van der Waals surface area contributed by atoms with Crippen LogP contribution >= 0.6 is 0 Å². The molecule has 0 radical (unpaired) electrons. The van der Waals surface area contributed by atoms with Crippen molar-refractivity contribution in [2.24, 2.45) is 5.92 Å². The highest BCUT2D eigenvalue weighted by Crippen LogP contribution is 2.19. The summed E-state index contributed by atoms with van der Waals surface area (Å²) in [7, 11) is 0. The minimum absolute atomic E-state index is 0.132. The molecule has 1 aromatic rings. The third kappa shape index (κ3) is 2.61. The van der Waals surface area contributed by atoms with Crippen molar-refractivity contribution in [1.82, 2.24) is 4.90 Å². The van der Waals surface area contributed by atoms with Crippen molar-refractivity contribution in [3.05, 3.63) is 35.9 Å². The van der Waals surface area contributed by atoms with Crippen LogP contribution < -0.4 is 0 Å². The molecule has 3 atom stereocenters. The van der Waals surface area contributed by atoms with Crippen molar-refractivity contribution in [3.63, 3.8) is 0 Å². The van der Waals surface area contributed by atoms with Gasteiger partial charge in [-0.25, -0.2) is 0 Å². The molecule has 88 valence electrons. The van der Waals surface area contributed by atoms with Crippen molar-refractivity contribution in [1.29, 1.82) is 0 Å². The molecule has 1 heterocycles. The molecule has 3 heteroatoms. The van der Waals surface area contributed by atoms with Crippen molar-refractivity contribution in [2.75, 3.05) is 13.1 Å². The minimum atomic E-state index is -0.618. The highest BCUT2D eigenvalue weighted by atomic mass is 16.3. The molecular formula is C13H19NO2. The number of likely N-dealkylation sites (tertiary alicyclic amines) is 1. The van der Waals surface area contributed by atoms with Crippen molar-refractivity contribution in [3.8, 4) is 0 Å². The van der Waals surface area contributed by atoms with E-state index in [9.17, 15) is 10.2 Å². The molecule has 0 aliphatic carbocycles. The molecule has 0 aromatic heterocycles. The molecule has 1 aromatic carbocycles. The van der Waals surface area contributed by atoms with Crippen LogP contribution in [-0.4, -0.2) is 40.4 Å². The van der Waals surface area contributed by atoms with Crippen LogP contribution in [0, 0.1) is 5.92 Å². The van der Waals surface area contributed by atoms with Crippen LogP contribution in [0.5, 0.6) is 0 Å². The van der Waals surface area contributed by atoms with Crippen molar-refractivity contribution < 1.29 is 10.2 Å². The zero-order valence-electron chi connectivity index (χ0n) is 9.58. The zero-order chi connectivity index (χ0) is 11.5. The first-order valence-corrected chi connectivity index (χ1v) is 5.79. The molecule has 1 saturated heterocycles. The maximum atomic E-state index is 9.70. The largest absolute Gasteiger partial charge is 0.390 e. The summed E-state index contributed by atoms with van der Waals surface area (Å²) in [6.45, 7) is 4.22. The zero-order valence-corrected chi connectivity index (χ0v) is 9.58. The molecule has 2 N–H and O–H groups in total. The first kappa shape index (κ1) is 11.6. The van der Waals surface area contributed by atoms with Crippen LogP contribution in [0.15, 0.2) is 30.3 Å². The van der Waals surface area contributed by atoms with Gasteiger partial charge in [-0.1, -0.05) is 37.3 Å². The molecule has 3 nitrogen and oxygen atoms in total. The van der Waals surface area contributed by atoms with E-state index >= 15 is 0 Å². The Hall–Kier alpha value is -0.900. The lowest BCUT2D eigenvalue weighted by molar-refractivity contribution is -0.0708. The average molecular weight is 221 g/mol. The number of piperidine rings is 1. The van der Waals surface area contributed by atoms with Gasteiger partial charge in [-0.2, -0.15) is 0 Å². The van der Waals surface area contributed by atoms with Crippen LogP contribution in [0.25, 0.3) is 0 Å². The summed E-state index contributed by atoms with van der Waals surface area (Å²) in [6, 6.07) is 10.2. The second-order valence-electron chi connectivity index (χ2n) is 4.71. The maximum Gasteiger partial charge on any atom is 0.0928 e. The Balaban J connectivity index is 1.97. The molecule has 0 saturated carbocycles. The number of β-amino-alcohol motifs (C(OH)–C–C–N with tert-alkyl or cyclic N) is 1. The fraction of sp³-hybridized carbons (Fsp3) is 0.538. The predicted molar refractivity (Wildman–Crippen MR) is 62.9 cm³/mol.